The molecule has 0 aliphatic rings. The number of aryl methyl sites for hydroxylation is 1. The highest BCUT2D eigenvalue weighted by Gasteiger charge is 2.19. The lowest BCUT2D eigenvalue weighted by Gasteiger charge is -2.03. The van der Waals surface area contributed by atoms with Crippen molar-refractivity contribution >= 4 is 17.6 Å². The number of nitro groups is 1. The molecule has 1 heterocycles. The second-order valence-corrected chi connectivity index (χ2v) is 5.04. The van der Waals surface area contributed by atoms with E-state index in [1.165, 1.54) is 18.2 Å². The number of hydrogen-bond donors (Lipinski definition) is 2. The van der Waals surface area contributed by atoms with Gasteiger partial charge in [-0.3, -0.25) is 14.9 Å². The molecule has 0 atom stereocenters. The first-order chi connectivity index (χ1) is 11.4. The number of nitrogens with one attached hydrogen (secondary N) is 1. The third-order valence-corrected chi connectivity index (χ3v) is 3.43. The van der Waals surface area contributed by atoms with Crippen LogP contribution in [0.15, 0.2) is 34.7 Å². The normalized spacial score (nSPS) is 10.4. The molecule has 0 spiro atoms. The topological polar surface area (TPSA) is 123 Å². The van der Waals surface area contributed by atoms with Gasteiger partial charge in [0, 0.05) is 31.2 Å². The molecule has 2 aromatic rings. The minimum absolute atomic E-state index is 0.00617. The smallest absolute Gasteiger partial charge is 0.339 e. The lowest BCUT2D eigenvalue weighted by molar-refractivity contribution is -0.384. The standard InChI is InChI=1S/C16H16N2O6/c1-2-13-12(16(20)21)9-14(24-13)15(19)17-8-7-10-3-5-11(6-4-10)18(22)23/h3-6,9H,2,7-8H2,1H3,(H,17,19)(H,20,21). The SMILES string of the molecule is CCc1oc(C(=O)NCCc2ccc([N+](=O)[O-])cc2)cc1C(=O)O. The minimum Gasteiger partial charge on any atom is -0.478 e. The van der Waals surface area contributed by atoms with Gasteiger partial charge in [0.25, 0.3) is 11.6 Å². The zero-order valence-electron chi connectivity index (χ0n) is 12.9. The summed E-state index contributed by atoms with van der Waals surface area (Å²) in [5.41, 5.74) is 0.825. The molecule has 0 fully saturated rings. The molecule has 1 aromatic carbocycles. The number of carboxylic acids is 1. The number of non-ortho nitro benzene ring substituents is 1. The maximum absolute atomic E-state index is 12.0. The number of carbonyl (C=O) groups excluding carboxylic acids is 1. The molecule has 0 saturated carbocycles. The number of furan rings is 1. The highest BCUT2D eigenvalue weighted by molar-refractivity contribution is 5.96. The predicted octanol–water partition coefficient (Wildman–Crippen LogP) is 2.42. The van der Waals surface area contributed by atoms with E-state index in [-0.39, 0.29) is 22.8 Å². The summed E-state index contributed by atoms with van der Waals surface area (Å²) < 4.78 is 5.26. The van der Waals surface area contributed by atoms with Crippen LogP contribution < -0.4 is 5.32 Å². The lowest BCUT2D eigenvalue weighted by atomic mass is 10.1. The van der Waals surface area contributed by atoms with Gasteiger partial charge in [0.05, 0.1) is 4.92 Å². The fraction of sp³-hybridized carbons (Fsp3) is 0.250. The lowest BCUT2D eigenvalue weighted by Crippen LogP contribution is -2.25. The molecule has 1 amide bonds. The summed E-state index contributed by atoms with van der Waals surface area (Å²) in [6.07, 6.45) is 0.856. The molecule has 2 N–H and O–H groups in total. The Balaban J connectivity index is 1.93. The van der Waals surface area contributed by atoms with Crippen molar-refractivity contribution < 1.29 is 24.0 Å². The third-order valence-electron chi connectivity index (χ3n) is 3.43. The highest BCUT2D eigenvalue weighted by atomic mass is 16.6. The number of nitrogens with zero attached hydrogens (tertiary/aromatic N) is 1. The van der Waals surface area contributed by atoms with Gasteiger partial charge in [-0.1, -0.05) is 19.1 Å². The van der Waals surface area contributed by atoms with Gasteiger partial charge in [-0.05, 0) is 12.0 Å². The van der Waals surface area contributed by atoms with Crippen molar-refractivity contribution in [3.63, 3.8) is 0 Å². The molecule has 0 radical (unpaired) electrons. The van der Waals surface area contributed by atoms with Gasteiger partial charge < -0.3 is 14.8 Å². The molecule has 8 heteroatoms. The summed E-state index contributed by atoms with van der Waals surface area (Å²) in [6.45, 7) is 2.03. The maximum atomic E-state index is 12.0. The molecule has 0 saturated heterocycles. The summed E-state index contributed by atoms with van der Waals surface area (Å²) >= 11 is 0. The van der Waals surface area contributed by atoms with Crippen molar-refractivity contribution in [1.29, 1.82) is 0 Å². The maximum Gasteiger partial charge on any atom is 0.339 e. The number of nitro benzene ring substituents is 1. The van der Waals surface area contributed by atoms with Gasteiger partial charge in [0.2, 0.25) is 0 Å². The minimum atomic E-state index is -1.14. The Morgan fingerprint density at radius 2 is 1.96 bits per heavy atom. The van der Waals surface area contributed by atoms with Crippen LogP contribution >= 0.6 is 0 Å². The third kappa shape index (κ3) is 3.97. The number of rotatable bonds is 7. The van der Waals surface area contributed by atoms with Crippen molar-refractivity contribution in [2.75, 3.05) is 6.54 Å². The number of aromatic carboxylic acids is 1. The average Bonchev–Trinajstić information content (AvgIpc) is 3.00. The Kier molecular flexibility index (Phi) is 5.31. The second kappa shape index (κ2) is 7.40. The van der Waals surface area contributed by atoms with Crippen LogP contribution in [0.25, 0.3) is 0 Å². The summed E-state index contributed by atoms with van der Waals surface area (Å²) in [5.74, 6) is -1.43. The largest absolute Gasteiger partial charge is 0.478 e. The molecule has 0 unspecified atom stereocenters. The van der Waals surface area contributed by atoms with Gasteiger partial charge >= 0.3 is 5.97 Å². The first kappa shape index (κ1) is 17.2. The van der Waals surface area contributed by atoms with Crippen LogP contribution in [-0.2, 0) is 12.8 Å². The van der Waals surface area contributed by atoms with Gasteiger partial charge in [0.15, 0.2) is 5.76 Å². The van der Waals surface area contributed by atoms with Crippen molar-refractivity contribution in [1.82, 2.24) is 5.32 Å². The van der Waals surface area contributed by atoms with Gasteiger partial charge in [-0.2, -0.15) is 0 Å². The number of benzene rings is 1. The van der Waals surface area contributed by atoms with Crippen LogP contribution in [0.5, 0.6) is 0 Å². The van der Waals surface area contributed by atoms with Crippen LogP contribution in [-0.4, -0.2) is 28.5 Å². The van der Waals surface area contributed by atoms with E-state index >= 15 is 0 Å². The Morgan fingerprint density at radius 1 is 1.29 bits per heavy atom. The predicted molar refractivity (Wildman–Crippen MR) is 84.2 cm³/mol. The summed E-state index contributed by atoms with van der Waals surface area (Å²) in [7, 11) is 0. The van der Waals surface area contributed by atoms with Crippen LogP contribution in [0.2, 0.25) is 0 Å². The van der Waals surface area contributed by atoms with E-state index in [4.69, 9.17) is 9.52 Å². The van der Waals surface area contributed by atoms with Crippen LogP contribution in [0, 0.1) is 10.1 Å². The number of amides is 1. The van der Waals surface area contributed by atoms with Crippen LogP contribution in [0.1, 0.15) is 39.2 Å². The molecule has 0 bridgehead atoms. The fourth-order valence-electron chi connectivity index (χ4n) is 2.18. The van der Waals surface area contributed by atoms with Gasteiger partial charge in [0.1, 0.15) is 11.3 Å². The van der Waals surface area contributed by atoms with Gasteiger partial charge in [-0.15, -0.1) is 0 Å². The van der Waals surface area contributed by atoms with Crippen molar-refractivity contribution in [2.45, 2.75) is 19.8 Å². The van der Waals surface area contributed by atoms with E-state index in [1.54, 1.807) is 19.1 Å². The van der Waals surface area contributed by atoms with Crippen LogP contribution in [0.3, 0.4) is 0 Å². The molecule has 8 nitrogen and oxygen atoms in total. The zero-order chi connectivity index (χ0) is 17.7. The van der Waals surface area contributed by atoms with E-state index < -0.39 is 16.8 Å². The quantitative estimate of drug-likeness (QED) is 0.593. The van der Waals surface area contributed by atoms with E-state index in [0.29, 0.717) is 19.4 Å². The zero-order valence-corrected chi connectivity index (χ0v) is 12.9. The van der Waals surface area contributed by atoms with Crippen LogP contribution in [0.4, 0.5) is 5.69 Å². The average molecular weight is 332 g/mol. The van der Waals surface area contributed by atoms with Gasteiger partial charge in [-0.25, -0.2) is 4.79 Å². The monoisotopic (exact) mass is 332 g/mol. The van der Waals surface area contributed by atoms with E-state index in [0.717, 1.165) is 5.56 Å². The molecule has 2 rings (SSSR count). The molecule has 24 heavy (non-hydrogen) atoms. The van der Waals surface area contributed by atoms with E-state index in [2.05, 4.69) is 5.32 Å². The Hall–Kier alpha value is -3.16. The molecular weight excluding hydrogens is 316 g/mol. The highest BCUT2D eigenvalue weighted by Crippen LogP contribution is 2.16. The van der Waals surface area contributed by atoms with E-state index in [1.807, 2.05) is 0 Å². The number of hydrogen-bond acceptors (Lipinski definition) is 5. The fourth-order valence-corrected chi connectivity index (χ4v) is 2.18. The van der Waals surface area contributed by atoms with Crippen molar-refractivity contribution in [2.24, 2.45) is 0 Å². The molecule has 126 valence electrons. The first-order valence-electron chi connectivity index (χ1n) is 7.30. The summed E-state index contributed by atoms with van der Waals surface area (Å²) in [5, 5.41) is 22.2. The molecule has 0 aliphatic heterocycles. The summed E-state index contributed by atoms with van der Waals surface area (Å²) in [4.78, 5) is 33.1. The summed E-state index contributed by atoms with van der Waals surface area (Å²) in [6, 6.07) is 7.25. The Labute approximate surface area is 137 Å². The number of carboxylic acid groups (broad SMARTS) is 1. The molecule has 1 aromatic heterocycles. The van der Waals surface area contributed by atoms with Crippen molar-refractivity contribution in [3.8, 4) is 0 Å². The van der Waals surface area contributed by atoms with E-state index in [9.17, 15) is 19.7 Å². The first-order valence-corrected chi connectivity index (χ1v) is 7.30. The molecule has 0 aliphatic carbocycles. The molecular formula is C16H16N2O6. The Bertz CT molecular complexity index is 763. The van der Waals surface area contributed by atoms with Crippen molar-refractivity contribution in [3.05, 3.63) is 63.1 Å². The number of carbonyl (C=O) groups is 2. The Morgan fingerprint density at radius 3 is 2.46 bits per heavy atom. The second-order valence-electron chi connectivity index (χ2n) is 5.04.